The van der Waals surface area contributed by atoms with Gasteiger partial charge >= 0.3 is 0 Å². The summed E-state index contributed by atoms with van der Waals surface area (Å²) >= 11 is 1.79. The third-order valence-electron chi connectivity index (χ3n) is 3.80. The first-order chi connectivity index (χ1) is 9.00. The molecule has 0 radical (unpaired) electrons. The molecule has 3 heteroatoms. The van der Waals surface area contributed by atoms with E-state index >= 15 is 0 Å². The Morgan fingerprint density at radius 3 is 2.58 bits per heavy atom. The molecule has 1 aromatic rings. The number of thioether (sulfide) groups is 1. The van der Waals surface area contributed by atoms with Gasteiger partial charge in [-0.15, -0.1) is 11.8 Å². The van der Waals surface area contributed by atoms with Crippen molar-refractivity contribution in [1.82, 2.24) is 5.32 Å². The minimum absolute atomic E-state index is 0.0122. The van der Waals surface area contributed by atoms with Gasteiger partial charge in [0.25, 0.3) is 0 Å². The maximum atomic E-state index is 5.77. The summed E-state index contributed by atoms with van der Waals surface area (Å²) in [4.78, 5) is 1.32. The molecule has 1 heterocycles. The number of benzene rings is 1. The Balaban J connectivity index is 1.94. The summed E-state index contributed by atoms with van der Waals surface area (Å²) in [7, 11) is 0. The van der Waals surface area contributed by atoms with Gasteiger partial charge in [0, 0.05) is 23.6 Å². The smallest absolute Gasteiger partial charge is 0.0641 e. The van der Waals surface area contributed by atoms with Gasteiger partial charge in [-0.3, -0.25) is 0 Å². The van der Waals surface area contributed by atoms with Crippen LogP contribution in [0.1, 0.15) is 45.2 Å². The number of hydrogen-bond acceptors (Lipinski definition) is 3. The van der Waals surface area contributed by atoms with E-state index in [1.165, 1.54) is 10.5 Å². The first-order valence-electron chi connectivity index (χ1n) is 7.04. The van der Waals surface area contributed by atoms with Crippen LogP contribution in [0.15, 0.2) is 29.2 Å². The van der Waals surface area contributed by atoms with Gasteiger partial charge in [-0.05, 0) is 57.6 Å². The van der Waals surface area contributed by atoms with E-state index in [1.54, 1.807) is 11.8 Å². The summed E-state index contributed by atoms with van der Waals surface area (Å²) in [5.41, 5.74) is 1.38. The monoisotopic (exact) mass is 279 g/mol. The van der Waals surface area contributed by atoms with Crippen LogP contribution >= 0.6 is 11.8 Å². The number of rotatable bonds is 4. The molecule has 2 atom stereocenters. The van der Waals surface area contributed by atoms with Gasteiger partial charge in [-0.25, -0.2) is 0 Å². The number of hydrogen-bond donors (Lipinski definition) is 1. The fourth-order valence-electron chi connectivity index (χ4n) is 2.72. The summed E-state index contributed by atoms with van der Waals surface area (Å²) < 4.78 is 5.77. The maximum absolute atomic E-state index is 5.77. The Kier molecular flexibility index (Phi) is 4.93. The van der Waals surface area contributed by atoms with Gasteiger partial charge in [0.1, 0.15) is 0 Å². The highest BCUT2D eigenvalue weighted by Gasteiger charge is 2.29. The predicted molar refractivity (Wildman–Crippen MR) is 82.8 cm³/mol. The summed E-state index contributed by atoms with van der Waals surface area (Å²) in [6.07, 6.45) is 4.30. The average molecular weight is 279 g/mol. The van der Waals surface area contributed by atoms with Crippen LogP contribution in [0.2, 0.25) is 0 Å². The lowest BCUT2D eigenvalue weighted by atomic mass is 9.93. The van der Waals surface area contributed by atoms with Crippen LogP contribution < -0.4 is 5.32 Å². The SMILES string of the molecule is CSc1ccc(C(C)NC2CCOC(C)(C)C2)cc1. The van der Waals surface area contributed by atoms with E-state index in [0.717, 1.165) is 19.4 Å². The number of nitrogens with one attached hydrogen (secondary N) is 1. The summed E-state index contributed by atoms with van der Waals surface area (Å²) in [5.74, 6) is 0. The molecule has 0 aromatic heterocycles. The van der Waals surface area contributed by atoms with Gasteiger partial charge < -0.3 is 10.1 Å². The Labute approximate surface area is 121 Å². The first kappa shape index (κ1) is 14.9. The molecule has 1 saturated heterocycles. The van der Waals surface area contributed by atoms with Crippen LogP contribution in [-0.4, -0.2) is 24.5 Å². The van der Waals surface area contributed by atoms with E-state index < -0.39 is 0 Å². The van der Waals surface area contributed by atoms with Gasteiger partial charge in [-0.1, -0.05) is 12.1 Å². The summed E-state index contributed by atoms with van der Waals surface area (Å²) in [5, 5.41) is 3.74. The van der Waals surface area contributed by atoms with Crippen LogP contribution in [-0.2, 0) is 4.74 Å². The third-order valence-corrected chi connectivity index (χ3v) is 4.54. The van der Waals surface area contributed by atoms with Crippen molar-refractivity contribution in [3.8, 4) is 0 Å². The van der Waals surface area contributed by atoms with Crippen molar-refractivity contribution in [2.45, 2.75) is 56.2 Å². The van der Waals surface area contributed by atoms with E-state index in [2.05, 4.69) is 56.6 Å². The molecule has 0 saturated carbocycles. The van der Waals surface area contributed by atoms with E-state index in [0.29, 0.717) is 12.1 Å². The third kappa shape index (κ3) is 4.23. The quantitative estimate of drug-likeness (QED) is 0.841. The standard InChI is InChI=1S/C16H25NOS/c1-12(13-5-7-15(19-4)8-6-13)17-14-9-10-18-16(2,3)11-14/h5-8,12,14,17H,9-11H2,1-4H3. The molecule has 1 fully saturated rings. The Morgan fingerprint density at radius 1 is 1.32 bits per heavy atom. The van der Waals surface area contributed by atoms with Crippen molar-refractivity contribution in [3.05, 3.63) is 29.8 Å². The van der Waals surface area contributed by atoms with Gasteiger partial charge in [0.15, 0.2) is 0 Å². The van der Waals surface area contributed by atoms with Crippen LogP contribution in [0.5, 0.6) is 0 Å². The normalized spacial score (nSPS) is 24.1. The second-order valence-corrected chi connectivity index (χ2v) is 6.84. The molecule has 0 aliphatic carbocycles. The Morgan fingerprint density at radius 2 is 2.00 bits per heavy atom. The average Bonchev–Trinajstić information content (AvgIpc) is 2.37. The van der Waals surface area contributed by atoms with Gasteiger partial charge in [0.05, 0.1) is 5.60 Å². The number of ether oxygens (including phenoxy) is 1. The highest BCUT2D eigenvalue weighted by Crippen LogP contribution is 2.26. The van der Waals surface area contributed by atoms with Crippen LogP contribution in [0.25, 0.3) is 0 Å². The minimum Gasteiger partial charge on any atom is -0.375 e. The van der Waals surface area contributed by atoms with Gasteiger partial charge in [-0.2, -0.15) is 0 Å². The van der Waals surface area contributed by atoms with E-state index in [4.69, 9.17) is 4.74 Å². The maximum Gasteiger partial charge on any atom is 0.0641 e. The molecule has 2 rings (SSSR count). The molecule has 1 N–H and O–H groups in total. The molecule has 2 unspecified atom stereocenters. The fraction of sp³-hybridized carbons (Fsp3) is 0.625. The fourth-order valence-corrected chi connectivity index (χ4v) is 3.12. The van der Waals surface area contributed by atoms with E-state index in [9.17, 15) is 0 Å². The Hall–Kier alpha value is -0.510. The van der Waals surface area contributed by atoms with Crippen molar-refractivity contribution in [2.75, 3.05) is 12.9 Å². The van der Waals surface area contributed by atoms with Crippen LogP contribution in [0, 0.1) is 0 Å². The molecule has 1 aliphatic rings. The van der Waals surface area contributed by atoms with Crippen molar-refractivity contribution in [3.63, 3.8) is 0 Å². The lowest BCUT2D eigenvalue weighted by molar-refractivity contribution is -0.0639. The van der Waals surface area contributed by atoms with Crippen LogP contribution in [0.3, 0.4) is 0 Å². The molecule has 1 aliphatic heterocycles. The molecule has 106 valence electrons. The molecule has 0 amide bonds. The lowest BCUT2D eigenvalue weighted by Gasteiger charge is -2.37. The van der Waals surface area contributed by atoms with Crippen LogP contribution in [0.4, 0.5) is 0 Å². The van der Waals surface area contributed by atoms with E-state index in [1.807, 2.05) is 0 Å². The van der Waals surface area contributed by atoms with Crippen molar-refractivity contribution < 1.29 is 4.74 Å². The van der Waals surface area contributed by atoms with E-state index in [-0.39, 0.29) is 5.60 Å². The molecule has 1 aromatic carbocycles. The first-order valence-corrected chi connectivity index (χ1v) is 8.26. The zero-order chi connectivity index (χ0) is 13.9. The molecule has 0 spiro atoms. The molecular weight excluding hydrogens is 254 g/mol. The zero-order valence-corrected chi connectivity index (χ0v) is 13.2. The zero-order valence-electron chi connectivity index (χ0n) is 12.4. The van der Waals surface area contributed by atoms with Crippen molar-refractivity contribution in [2.24, 2.45) is 0 Å². The topological polar surface area (TPSA) is 21.3 Å². The summed E-state index contributed by atoms with van der Waals surface area (Å²) in [6, 6.07) is 9.81. The highest BCUT2D eigenvalue weighted by molar-refractivity contribution is 7.98. The molecule has 2 nitrogen and oxygen atoms in total. The largest absolute Gasteiger partial charge is 0.375 e. The summed E-state index contributed by atoms with van der Waals surface area (Å²) in [6.45, 7) is 7.47. The van der Waals surface area contributed by atoms with Crippen molar-refractivity contribution in [1.29, 1.82) is 0 Å². The highest BCUT2D eigenvalue weighted by atomic mass is 32.2. The van der Waals surface area contributed by atoms with Crippen molar-refractivity contribution >= 4 is 11.8 Å². The molecular formula is C16H25NOS. The minimum atomic E-state index is 0.0122. The molecule has 0 bridgehead atoms. The Bertz CT molecular complexity index is 402. The molecule has 19 heavy (non-hydrogen) atoms. The van der Waals surface area contributed by atoms with Gasteiger partial charge in [0.2, 0.25) is 0 Å². The lowest BCUT2D eigenvalue weighted by Crippen LogP contribution is -2.44. The second-order valence-electron chi connectivity index (χ2n) is 5.96. The second kappa shape index (κ2) is 6.29. The predicted octanol–water partition coefficient (Wildman–Crippen LogP) is 4.02.